The van der Waals surface area contributed by atoms with Crippen molar-refractivity contribution in [1.29, 1.82) is 0 Å². The van der Waals surface area contributed by atoms with Crippen LogP contribution in [0.1, 0.15) is 37.1 Å². The third kappa shape index (κ3) is 5.41. The molecule has 0 radical (unpaired) electrons. The Labute approximate surface area is 191 Å². The Morgan fingerprint density at radius 3 is 2.76 bits per heavy atom. The SMILES string of the molecule is Cn1nnc(-c2ccc(O[C@H]3CCC[C@H](C(=O)O)C3)cn2)c1COc1nccc(C(F)(F)F)n1. The highest BCUT2D eigenvalue weighted by molar-refractivity contribution is 5.70. The number of carboxylic acids is 1. The number of aryl methyl sites for hydroxylation is 1. The highest BCUT2D eigenvalue weighted by Crippen LogP contribution is 2.30. The molecule has 0 saturated heterocycles. The molecular formula is C21H21F3N6O4. The summed E-state index contributed by atoms with van der Waals surface area (Å²) in [5, 5.41) is 17.2. The van der Waals surface area contributed by atoms with Crippen molar-refractivity contribution in [2.75, 3.05) is 0 Å². The molecule has 3 aromatic rings. The van der Waals surface area contributed by atoms with Gasteiger partial charge in [-0.15, -0.1) is 5.10 Å². The first-order valence-electron chi connectivity index (χ1n) is 10.5. The van der Waals surface area contributed by atoms with Crippen molar-refractivity contribution in [3.63, 3.8) is 0 Å². The molecule has 13 heteroatoms. The number of ether oxygens (including phenoxy) is 2. The predicted molar refractivity (Wildman–Crippen MR) is 110 cm³/mol. The van der Waals surface area contributed by atoms with E-state index in [0.29, 0.717) is 35.7 Å². The van der Waals surface area contributed by atoms with Crippen LogP contribution in [0, 0.1) is 5.92 Å². The Bertz CT molecular complexity index is 1150. The molecule has 3 aromatic heterocycles. The second-order valence-electron chi connectivity index (χ2n) is 7.84. The number of pyridine rings is 1. The maximum atomic E-state index is 12.9. The van der Waals surface area contributed by atoms with E-state index in [0.717, 1.165) is 25.1 Å². The fraction of sp³-hybridized carbons (Fsp3) is 0.429. The third-order valence-corrected chi connectivity index (χ3v) is 5.46. The van der Waals surface area contributed by atoms with Crippen LogP contribution in [0.25, 0.3) is 11.4 Å². The lowest BCUT2D eigenvalue weighted by Crippen LogP contribution is -2.29. The van der Waals surface area contributed by atoms with Gasteiger partial charge in [0, 0.05) is 13.2 Å². The number of carboxylic acid groups (broad SMARTS) is 1. The highest BCUT2D eigenvalue weighted by atomic mass is 19.4. The second-order valence-corrected chi connectivity index (χ2v) is 7.84. The van der Waals surface area contributed by atoms with Gasteiger partial charge >= 0.3 is 18.2 Å². The van der Waals surface area contributed by atoms with Crippen LogP contribution in [0.4, 0.5) is 13.2 Å². The van der Waals surface area contributed by atoms with Gasteiger partial charge in [0.2, 0.25) is 0 Å². The number of nitrogens with zero attached hydrogens (tertiary/aromatic N) is 6. The van der Waals surface area contributed by atoms with Gasteiger partial charge in [-0.2, -0.15) is 18.2 Å². The van der Waals surface area contributed by atoms with Gasteiger partial charge in [-0.25, -0.2) is 9.67 Å². The molecule has 1 N–H and O–H groups in total. The Kier molecular flexibility index (Phi) is 6.61. The van der Waals surface area contributed by atoms with Crippen LogP contribution < -0.4 is 9.47 Å². The molecule has 3 heterocycles. The van der Waals surface area contributed by atoms with Gasteiger partial charge in [-0.3, -0.25) is 9.78 Å². The van der Waals surface area contributed by atoms with Crippen LogP contribution in [0.2, 0.25) is 0 Å². The van der Waals surface area contributed by atoms with E-state index in [1.165, 1.54) is 10.9 Å². The minimum atomic E-state index is -4.61. The minimum Gasteiger partial charge on any atom is -0.489 e. The summed E-state index contributed by atoms with van der Waals surface area (Å²) in [7, 11) is 1.61. The normalized spacial score (nSPS) is 18.5. The molecule has 10 nitrogen and oxygen atoms in total. The van der Waals surface area contributed by atoms with E-state index < -0.39 is 29.8 Å². The van der Waals surface area contributed by atoms with Crippen LogP contribution in [0.15, 0.2) is 30.6 Å². The predicted octanol–water partition coefficient (Wildman–Crippen LogP) is 3.29. The standard InChI is InChI=1S/C21H21F3N6O4/c1-30-16(11-33-20-25-8-7-17(27-20)21(22,23)24)18(28-29-30)15-6-5-14(10-26-15)34-13-4-2-3-12(9-13)19(31)32/h5-8,10,12-13H,2-4,9,11H2,1H3,(H,31,32)/t12-,13-/m0/s1. The molecule has 1 saturated carbocycles. The number of alkyl halides is 3. The molecule has 1 aliphatic carbocycles. The Balaban J connectivity index is 1.44. The van der Waals surface area contributed by atoms with Gasteiger partial charge in [0.05, 0.1) is 23.9 Å². The summed E-state index contributed by atoms with van der Waals surface area (Å²) >= 11 is 0. The van der Waals surface area contributed by atoms with E-state index in [-0.39, 0.29) is 12.7 Å². The second kappa shape index (κ2) is 9.61. The zero-order chi connectivity index (χ0) is 24.3. The Hall–Kier alpha value is -3.77. The number of rotatable bonds is 7. The number of aliphatic carboxylic acids is 1. The van der Waals surface area contributed by atoms with Gasteiger partial charge in [0.25, 0.3) is 0 Å². The smallest absolute Gasteiger partial charge is 0.433 e. The van der Waals surface area contributed by atoms with Crippen molar-refractivity contribution in [2.45, 2.75) is 44.6 Å². The van der Waals surface area contributed by atoms with E-state index in [9.17, 15) is 23.1 Å². The zero-order valence-electron chi connectivity index (χ0n) is 18.1. The van der Waals surface area contributed by atoms with Crippen LogP contribution in [0.3, 0.4) is 0 Å². The van der Waals surface area contributed by atoms with Crippen molar-refractivity contribution in [1.82, 2.24) is 29.9 Å². The van der Waals surface area contributed by atoms with Crippen molar-refractivity contribution in [3.8, 4) is 23.1 Å². The first-order chi connectivity index (χ1) is 16.2. The minimum absolute atomic E-state index is 0.182. The van der Waals surface area contributed by atoms with Crippen molar-refractivity contribution in [3.05, 3.63) is 42.0 Å². The highest BCUT2D eigenvalue weighted by Gasteiger charge is 2.33. The van der Waals surface area contributed by atoms with Crippen molar-refractivity contribution >= 4 is 5.97 Å². The van der Waals surface area contributed by atoms with E-state index in [1.54, 1.807) is 19.2 Å². The average Bonchev–Trinajstić information content (AvgIpc) is 3.18. The summed E-state index contributed by atoms with van der Waals surface area (Å²) in [6.45, 7) is -0.182. The number of carbonyl (C=O) groups is 1. The van der Waals surface area contributed by atoms with Gasteiger partial charge < -0.3 is 14.6 Å². The molecule has 0 unspecified atom stereocenters. The van der Waals surface area contributed by atoms with Crippen LogP contribution in [-0.4, -0.2) is 47.1 Å². The van der Waals surface area contributed by atoms with Crippen molar-refractivity contribution in [2.24, 2.45) is 13.0 Å². The molecule has 0 aromatic carbocycles. The number of halogens is 3. The van der Waals surface area contributed by atoms with Gasteiger partial charge in [-0.1, -0.05) is 5.21 Å². The summed E-state index contributed by atoms with van der Waals surface area (Å²) in [6.07, 6.45) is 0.319. The molecule has 180 valence electrons. The summed E-state index contributed by atoms with van der Waals surface area (Å²) in [5.74, 6) is -0.720. The van der Waals surface area contributed by atoms with Crippen LogP contribution in [0.5, 0.6) is 11.8 Å². The molecule has 4 rings (SSSR count). The van der Waals surface area contributed by atoms with Gasteiger partial charge in [0.1, 0.15) is 23.7 Å². The van der Waals surface area contributed by atoms with Crippen LogP contribution in [-0.2, 0) is 24.6 Å². The van der Waals surface area contributed by atoms with Gasteiger partial charge in [0.15, 0.2) is 5.69 Å². The fourth-order valence-corrected chi connectivity index (χ4v) is 3.70. The van der Waals surface area contributed by atoms with Crippen LogP contribution >= 0.6 is 0 Å². The van der Waals surface area contributed by atoms with Gasteiger partial charge in [-0.05, 0) is 43.9 Å². The maximum Gasteiger partial charge on any atom is 0.433 e. The number of aromatic nitrogens is 6. The molecule has 0 bridgehead atoms. The van der Waals surface area contributed by atoms with E-state index in [4.69, 9.17) is 9.47 Å². The quantitative estimate of drug-likeness (QED) is 0.544. The van der Waals surface area contributed by atoms with E-state index >= 15 is 0 Å². The first-order valence-corrected chi connectivity index (χ1v) is 10.5. The van der Waals surface area contributed by atoms with E-state index in [2.05, 4.69) is 25.3 Å². The largest absolute Gasteiger partial charge is 0.489 e. The summed E-state index contributed by atoms with van der Waals surface area (Å²) < 4.78 is 51.2. The third-order valence-electron chi connectivity index (χ3n) is 5.46. The molecule has 0 amide bonds. The average molecular weight is 478 g/mol. The monoisotopic (exact) mass is 478 g/mol. The molecule has 1 aliphatic rings. The molecular weight excluding hydrogens is 457 g/mol. The molecule has 34 heavy (non-hydrogen) atoms. The Morgan fingerprint density at radius 2 is 2.06 bits per heavy atom. The lowest BCUT2D eigenvalue weighted by atomic mass is 9.87. The molecule has 0 spiro atoms. The lowest BCUT2D eigenvalue weighted by molar-refractivity contribution is -0.144. The zero-order valence-corrected chi connectivity index (χ0v) is 18.1. The fourth-order valence-electron chi connectivity index (χ4n) is 3.70. The topological polar surface area (TPSA) is 125 Å². The summed E-state index contributed by atoms with van der Waals surface area (Å²) in [5.41, 5.74) is 0.185. The van der Waals surface area contributed by atoms with E-state index in [1.807, 2.05) is 0 Å². The number of hydrogen-bond acceptors (Lipinski definition) is 8. The number of hydrogen-bond donors (Lipinski definition) is 1. The first kappa shape index (κ1) is 23.4. The summed E-state index contributed by atoms with van der Waals surface area (Å²) in [4.78, 5) is 22.7. The van der Waals surface area contributed by atoms with Crippen molar-refractivity contribution < 1.29 is 32.5 Å². The molecule has 2 atom stereocenters. The summed E-state index contributed by atoms with van der Waals surface area (Å²) in [6, 6.07) is 3.70. The molecule has 0 aliphatic heterocycles. The molecule has 1 fully saturated rings. The Morgan fingerprint density at radius 1 is 1.24 bits per heavy atom. The lowest BCUT2D eigenvalue weighted by Gasteiger charge is -2.27. The maximum absolute atomic E-state index is 12.9.